The predicted octanol–water partition coefficient (Wildman–Crippen LogP) is 1.28. The molecule has 92 valence electrons. The van der Waals surface area contributed by atoms with E-state index in [0.29, 0.717) is 6.54 Å². The molecule has 3 N–H and O–H groups in total. The molecule has 0 aliphatic carbocycles. The minimum atomic E-state index is 0.0826. The molecule has 17 heavy (non-hydrogen) atoms. The van der Waals surface area contributed by atoms with E-state index < -0.39 is 0 Å². The van der Waals surface area contributed by atoms with Crippen molar-refractivity contribution in [2.24, 2.45) is 11.1 Å². The van der Waals surface area contributed by atoms with E-state index in [0.717, 1.165) is 31.0 Å². The predicted molar refractivity (Wildman–Crippen MR) is 67.2 cm³/mol. The first kappa shape index (κ1) is 12.1. The molecule has 1 aliphatic heterocycles. The Kier molecular flexibility index (Phi) is 3.45. The molecule has 1 fully saturated rings. The van der Waals surface area contributed by atoms with Gasteiger partial charge in [0.1, 0.15) is 0 Å². The minimum Gasteiger partial charge on any atom is -0.384 e. The van der Waals surface area contributed by atoms with Gasteiger partial charge in [-0.2, -0.15) is 0 Å². The molecule has 0 aromatic heterocycles. The highest BCUT2D eigenvalue weighted by Crippen LogP contribution is 2.26. The normalized spacial score (nSPS) is 17.3. The standard InChI is InChI=1S/C13H18N2O2/c1-10(16)11-2-4-12(5-3-11)15-7-13(6-14)8-17-9-13/h2-5,15H,6-9,14H2,1H3. The van der Waals surface area contributed by atoms with Gasteiger partial charge in [0.15, 0.2) is 5.78 Å². The van der Waals surface area contributed by atoms with Crippen molar-refractivity contribution in [3.05, 3.63) is 29.8 Å². The number of nitrogens with two attached hydrogens (primary N) is 1. The van der Waals surface area contributed by atoms with Crippen LogP contribution in [-0.4, -0.2) is 32.1 Å². The van der Waals surface area contributed by atoms with Crippen molar-refractivity contribution in [1.29, 1.82) is 0 Å². The van der Waals surface area contributed by atoms with Crippen LogP contribution in [0.4, 0.5) is 5.69 Å². The van der Waals surface area contributed by atoms with Crippen LogP contribution in [-0.2, 0) is 4.74 Å². The van der Waals surface area contributed by atoms with Gasteiger partial charge in [-0.3, -0.25) is 4.79 Å². The first-order valence-corrected chi connectivity index (χ1v) is 5.78. The highest BCUT2D eigenvalue weighted by Gasteiger charge is 2.36. The molecule has 0 amide bonds. The number of rotatable bonds is 5. The Morgan fingerprint density at radius 3 is 2.47 bits per heavy atom. The van der Waals surface area contributed by atoms with E-state index in [4.69, 9.17) is 10.5 Å². The van der Waals surface area contributed by atoms with E-state index in [-0.39, 0.29) is 11.2 Å². The third-order valence-corrected chi connectivity index (χ3v) is 3.21. The van der Waals surface area contributed by atoms with Gasteiger partial charge < -0.3 is 15.8 Å². The van der Waals surface area contributed by atoms with Gasteiger partial charge in [-0.05, 0) is 31.2 Å². The molecule has 0 bridgehead atoms. The van der Waals surface area contributed by atoms with Gasteiger partial charge in [-0.1, -0.05) is 0 Å². The number of ketones is 1. The molecule has 4 nitrogen and oxygen atoms in total. The average Bonchev–Trinajstić information content (AvgIpc) is 2.29. The third-order valence-electron chi connectivity index (χ3n) is 3.21. The zero-order chi connectivity index (χ0) is 12.3. The van der Waals surface area contributed by atoms with Gasteiger partial charge in [0.05, 0.1) is 13.2 Å². The van der Waals surface area contributed by atoms with Crippen molar-refractivity contribution in [1.82, 2.24) is 0 Å². The molecule has 1 heterocycles. The maximum absolute atomic E-state index is 11.1. The number of anilines is 1. The summed E-state index contributed by atoms with van der Waals surface area (Å²) in [7, 11) is 0. The molecule has 4 heteroatoms. The average molecular weight is 234 g/mol. The second kappa shape index (κ2) is 4.85. The van der Waals surface area contributed by atoms with E-state index in [1.165, 1.54) is 0 Å². The van der Waals surface area contributed by atoms with Gasteiger partial charge >= 0.3 is 0 Å². The Balaban J connectivity index is 1.93. The molecule has 1 aromatic rings. The highest BCUT2D eigenvalue weighted by molar-refractivity contribution is 5.94. The van der Waals surface area contributed by atoms with Gasteiger partial charge in [-0.25, -0.2) is 0 Å². The number of hydrogen-bond acceptors (Lipinski definition) is 4. The fraction of sp³-hybridized carbons (Fsp3) is 0.462. The first-order valence-electron chi connectivity index (χ1n) is 5.78. The Hall–Kier alpha value is -1.39. The first-order chi connectivity index (χ1) is 8.15. The molecule has 0 atom stereocenters. The van der Waals surface area contributed by atoms with E-state index in [2.05, 4.69) is 5.32 Å². The molecule has 0 unspecified atom stereocenters. The molecule has 0 radical (unpaired) electrons. The zero-order valence-corrected chi connectivity index (χ0v) is 10.0. The Morgan fingerprint density at radius 2 is 2.06 bits per heavy atom. The van der Waals surface area contributed by atoms with Crippen LogP contribution in [0, 0.1) is 5.41 Å². The summed E-state index contributed by atoms with van der Waals surface area (Å²) in [6.45, 7) is 4.45. The van der Waals surface area contributed by atoms with Gasteiger partial charge in [0.2, 0.25) is 0 Å². The van der Waals surface area contributed by atoms with Gasteiger partial charge in [0, 0.05) is 29.8 Å². The molecule has 1 saturated heterocycles. The smallest absolute Gasteiger partial charge is 0.159 e. The van der Waals surface area contributed by atoms with Crippen LogP contribution >= 0.6 is 0 Å². The molecule has 0 saturated carbocycles. The quantitative estimate of drug-likeness (QED) is 0.753. The summed E-state index contributed by atoms with van der Waals surface area (Å²) >= 11 is 0. The molecule has 2 rings (SSSR count). The van der Waals surface area contributed by atoms with Gasteiger partial charge in [0.25, 0.3) is 0 Å². The molecule has 1 aliphatic rings. The lowest BCUT2D eigenvalue weighted by Crippen LogP contribution is -2.52. The van der Waals surface area contributed by atoms with Gasteiger partial charge in [-0.15, -0.1) is 0 Å². The number of carbonyl (C=O) groups excluding carboxylic acids is 1. The van der Waals surface area contributed by atoms with E-state index >= 15 is 0 Å². The van der Waals surface area contributed by atoms with Crippen molar-refractivity contribution < 1.29 is 9.53 Å². The second-order valence-corrected chi connectivity index (χ2v) is 4.68. The van der Waals surface area contributed by atoms with Crippen molar-refractivity contribution in [3.8, 4) is 0 Å². The maximum atomic E-state index is 11.1. The van der Waals surface area contributed by atoms with Crippen LogP contribution in [0.5, 0.6) is 0 Å². The lowest BCUT2D eigenvalue weighted by Gasteiger charge is -2.40. The van der Waals surface area contributed by atoms with Crippen molar-refractivity contribution in [2.75, 3.05) is 31.6 Å². The summed E-state index contributed by atoms with van der Waals surface area (Å²) in [5, 5.41) is 3.33. The van der Waals surface area contributed by atoms with Crippen molar-refractivity contribution >= 4 is 11.5 Å². The highest BCUT2D eigenvalue weighted by atomic mass is 16.5. The van der Waals surface area contributed by atoms with Crippen LogP contribution in [0.15, 0.2) is 24.3 Å². The fourth-order valence-corrected chi connectivity index (χ4v) is 1.80. The summed E-state index contributed by atoms with van der Waals surface area (Å²) in [6.07, 6.45) is 0. The summed E-state index contributed by atoms with van der Waals surface area (Å²) in [5.41, 5.74) is 7.56. The summed E-state index contributed by atoms with van der Waals surface area (Å²) < 4.78 is 5.20. The maximum Gasteiger partial charge on any atom is 0.159 e. The summed E-state index contributed by atoms with van der Waals surface area (Å²) in [4.78, 5) is 11.1. The Labute approximate surface area is 101 Å². The van der Waals surface area contributed by atoms with Crippen LogP contribution in [0.2, 0.25) is 0 Å². The number of benzene rings is 1. The lowest BCUT2D eigenvalue weighted by atomic mass is 9.86. The van der Waals surface area contributed by atoms with Crippen LogP contribution in [0.25, 0.3) is 0 Å². The SMILES string of the molecule is CC(=O)c1ccc(NCC2(CN)COC2)cc1. The molecule has 1 aromatic carbocycles. The van der Waals surface area contributed by atoms with Crippen molar-refractivity contribution in [2.45, 2.75) is 6.92 Å². The van der Waals surface area contributed by atoms with E-state index in [9.17, 15) is 4.79 Å². The minimum absolute atomic E-state index is 0.0826. The number of Topliss-reactive ketones (excluding diaryl/α,β-unsaturated/α-hetero) is 1. The van der Waals surface area contributed by atoms with Crippen molar-refractivity contribution in [3.63, 3.8) is 0 Å². The second-order valence-electron chi connectivity index (χ2n) is 4.68. The van der Waals surface area contributed by atoms with Crippen LogP contribution in [0.3, 0.4) is 0 Å². The molecular weight excluding hydrogens is 216 g/mol. The zero-order valence-electron chi connectivity index (χ0n) is 10.0. The number of carbonyl (C=O) groups is 1. The number of nitrogens with one attached hydrogen (secondary N) is 1. The fourth-order valence-electron chi connectivity index (χ4n) is 1.80. The summed E-state index contributed by atoms with van der Waals surface area (Å²) in [6, 6.07) is 7.50. The molecular formula is C13H18N2O2. The Bertz CT molecular complexity index is 391. The number of hydrogen-bond donors (Lipinski definition) is 2. The topological polar surface area (TPSA) is 64.4 Å². The lowest BCUT2D eigenvalue weighted by molar-refractivity contribution is -0.0979. The number of ether oxygens (including phenoxy) is 1. The van der Waals surface area contributed by atoms with E-state index in [1.807, 2.05) is 24.3 Å². The third kappa shape index (κ3) is 2.65. The van der Waals surface area contributed by atoms with Crippen LogP contribution < -0.4 is 11.1 Å². The summed E-state index contributed by atoms with van der Waals surface area (Å²) in [5.74, 6) is 0.0855. The van der Waals surface area contributed by atoms with E-state index in [1.54, 1.807) is 6.92 Å². The molecule has 0 spiro atoms. The largest absolute Gasteiger partial charge is 0.384 e. The monoisotopic (exact) mass is 234 g/mol. The Morgan fingerprint density at radius 1 is 1.41 bits per heavy atom. The van der Waals surface area contributed by atoms with Crippen LogP contribution in [0.1, 0.15) is 17.3 Å².